The topological polar surface area (TPSA) is 77.3 Å². The molecular formula is C24H20IN3O3S. The number of nitrogens with one attached hydrogen (secondary N) is 1. The van der Waals surface area contributed by atoms with E-state index < -0.39 is 0 Å². The Balaban J connectivity index is 1.61. The largest absolute Gasteiger partial charge is 0.497 e. The van der Waals surface area contributed by atoms with Gasteiger partial charge in [0.15, 0.2) is 5.13 Å². The van der Waals surface area contributed by atoms with E-state index in [1.807, 2.05) is 24.3 Å². The first kappa shape index (κ1) is 22.2. The van der Waals surface area contributed by atoms with Crippen molar-refractivity contribution in [3.05, 3.63) is 102 Å². The number of halogens is 1. The molecule has 6 nitrogen and oxygen atoms in total. The summed E-state index contributed by atoms with van der Waals surface area (Å²) in [5.74, 6) is 0.790. The van der Waals surface area contributed by atoms with Crippen molar-refractivity contribution in [3.63, 3.8) is 0 Å². The van der Waals surface area contributed by atoms with E-state index in [-0.39, 0.29) is 10.6 Å². The summed E-state index contributed by atoms with van der Waals surface area (Å²) in [6, 6.07) is 22.9. The number of hydrogen-bond donors (Lipinski definition) is 1. The Morgan fingerprint density at radius 1 is 1.00 bits per heavy atom. The first-order valence-corrected chi connectivity index (χ1v) is 11.8. The molecule has 8 heteroatoms. The van der Waals surface area contributed by atoms with Gasteiger partial charge in [0.05, 0.1) is 17.7 Å². The Hall–Kier alpha value is -2.98. The summed E-state index contributed by atoms with van der Waals surface area (Å²) >= 11 is 3.90. The number of methoxy groups -OCH3 is 1. The highest BCUT2D eigenvalue weighted by molar-refractivity contribution is 14.1. The summed E-state index contributed by atoms with van der Waals surface area (Å²) in [6.45, 7) is 0.684. The lowest BCUT2D eigenvalue weighted by molar-refractivity contribution is -0.384. The maximum atomic E-state index is 11.0. The molecule has 0 saturated heterocycles. The molecule has 1 heterocycles. The maximum absolute atomic E-state index is 11.0. The summed E-state index contributed by atoms with van der Waals surface area (Å²) < 4.78 is 6.48. The summed E-state index contributed by atoms with van der Waals surface area (Å²) in [6.07, 6.45) is 0.641. The molecule has 1 aromatic heterocycles. The van der Waals surface area contributed by atoms with Crippen LogP contribution in [0.1, 0.15) is 16.0 Å². The van der Waals surface area contributed by atoms with Crippen molar-refractivity contribution in [2.45, 2.75) is 13.0 Å². The monoisotopic (exact) mass is 557 g/mol. The van der Waals surface area contributed by atoms with Gasteiger partial charge in [-0.25, -0.2) is 4.98 Å². The molecule has 0 aliphatic carbocycles. The highest BCUT2D eigenvalue weighted by atomic mass is 127. The quantitative estimate of drug-likeness (QED) is 0.151. The highest BCUT2D eigenvalue weighted by Gasteiger charge is 2.15. The van der Waals surface area contributed by atoms with Crippen LogP contribution in [-0.2, 0) is 13.0 Å². The van der Waals surface area contributed by atoms with Crippen LogP contribution >= 0.6 is 33.9 Å². The first-order valence-electron chi connectivity index (χ1n) is 9.87. The van der Waals surface area contributed by atoms with Gasteiger partial charge < -0.3 is 10.1 Å². The van der Waals surface area contributed by atoms with Crippen LogP contribution in [0.5, 0.6) is 5.75 Å². The molecule has 0 aliphatic rings. The Morgan fingerprint density at radius 3 is 2.28 bits per heavy atom. The van der Waals surface area contributed by atoms with Gasteiger partial charge in [0.25, 0.3) is 5.69 Å². The van der Waals surface area contributed by atoms with Crippen LogP contribution in [0.3, 0.4) is 0 Å². The van der Waals surface area contributed by atoms with Crippen molar-refractivity contribution in [1.82, 2.24) is 4.98 Å². The Bertz CT molecular complexity index is 1210. The van der Waals surface area contributed by atoms with Crippen LogP contribution in [0.4, 0.5) is 10.8 Å². The molecule has 4 aromatic rings. The Morgan fingerprint density at radius 2 is 1.66 bits per heavy atom. The fourth-order valence-corrected chi connectivity index (χ4v) is 4.60. The number of ether oxygens (including phenoxy) is 1. The van der Waals surface area contributed by atoms with Crippen LogP contribution in [0.25, 0.3) is 11.3 Å². The van der Waals surface area contributed by atoms with E-state index in [1.165, 1.54) is 9.13 Å². The third kappa shape index (κ3) is 5.43. The van der Waals surface area contributed by atoms with Gasteiger partial charge in [-0.15, -0.1) is 11.3 Å². The number of thiazole rings is 1. The third-order valence-corrected chi connectivity index (χ3v) is 6.66. The summed E-state index contributed by atoms with van der Waals surface area (Å²) in [7, 11) is 1.64. The average Bonchev–Trinajstić information content (AvgIpc) is 3.21. The van der Waals surface area contributed by atoms with Gasteiger partial charge in [0.2, 0.25) is 0 Å². The van der Waals surface area contributed by atoms with Gasteiger partial charge in [-0.2, -0.15) is 0 Å². The molecule has 0 fully saturated rings. The molecule has 0 atom stereocenters. The molecular weight excluding hydrogens is 537 g/mol. The minimum Gasteiger partial charge on any atom is -0.497 e. The third-order valence-electron chi connectivity index (χ3n) is 4.93. The molecule has 0 bridgehead atoms. The van der Waals surface area contributed by atoms with Crippen LogP contribution in [-0.4, -0.2) is 17.0 Å². The second kappa shape index (κ2) is 10.1. The van der Waals surface area contributed by atoms with Crippen LogP contribution in [0.2, 0.25) is 0 Å². The fraction of sp³-hybridized carbons (Fsp3) is 0.125. The Labute approximate surface area is 203 Å². The molecule has 32 heavy (non-hydrogen) atoms. The first-order chi connectivity index (χ1) is 15.5. The zero-order valence-corrected chi connectivity index (χ0v) is 20.2. The lowest BCUT2D eigenvalue weighted by Crippen LogP contribution is -1.98. The van der Waals surface area contributed by atoms with Crippen LogP contribution < -0.4 is 10.1 Å². The molecule has 3 aromatic carbocycles. The highest BCUT2D eigenvalue weighted by Crippen LogP contribution is 2.34. The van der Waals surface area contributed by atoms with E-state index in [2.05, 4.69) is 52.2 Å². The molecule has 1 N–H and O–H groups in total. The minimum absolute atomic E-state index is 0.0910. The summed E-state index contributed by atoms with van der Waals surface area (Å²) in [5.41, 5.74) is 4.18. The molecule has 0 saturated carbocycles. The van der Waals surface area contributed by atoms with Gasteiger partial charge in [-0.1, -0.05) is 24.3 Å². The summed E-state index contributed by atoms with van der Waals surface area (Å²) in [4.78, 5) is 16.5. The Kier molecular flexibility index (Phi) is 7.01. The summed E-state index contributed by atoms with van der Waals surface area (Å²) in [5, 5.41) is 15.2. The number of nitrogens with zero attached hydrogens (tertiary/aromatic N) is 2. The molecule has 0 amide bonds. The van der Waals surface area contributed by atoms with Gasteiger partial charge in [-0.05, 0) is 70.1 Å². The average molecular weight is 557 g/mol. The predicted molar refractivity (Wildman–Crippen MR) is 136 cm³/mol. The molecule has 0 aliphatic heterocycles. The predicted octanol–water partition coefficient (Wildman–Crippen LogP) is 6.53. The number of nitro groups is 1. The molecule has 162 valence electrons. The van der Waals surface area contributed by atoms with E-state index in [0.29, 0.717) is 13.0 Å². The van der Waals surface area contributed by atoms with E-state index in [0.717, 1.165) is 32.6 Å². The number of nitro benzene ring substituents is 1. The van der Waals surface area contributed by atoms with E-state index in [1.54, 1.807) is 42.7 Å². The SMILES string of the molecule is COc1ccc(-c2nc(NCc3ccc(I)cc3)sc2Cc2ccc([N+](=O)[O-])cc2)cc1. The smallest absolute Gasteiger partial charge is 0.269 e. The molecule has 0 radical (unpaired) electrons. The van der Waals surface area contributed by atoms with Gasteiger partial charge in [0.1, 0.15) is 5.75 Å². The second-order valence-electron chi connectivity index (χ2n) is 7.10. The number of hydrogen-bond acceptors (Lipinski definition) is 6. The number of aromatic nitrogens is 1. The van der Waals surface area contributed by atoms with Crippen molar-refractivity contribution in [2.24, 2.45) is 0 Å². The van der Waals surface area contributed by atoms with Crippen molar-refractivity contribution in [3.8, 4) is 17.0 Å². The lowest BCUT2D eigenvalue weighted by atomic mass is 10.1. The van der Waals surface area contributed by atoms with Crippen molar-refractivity contribution in [2.75, 3.05) is 12.4 Å². The standard InChI is InChI=1S/C24H20IN3O3S/c1-31-21-12-6-18(7-13-21)23-22(14-16-4-10-20(11-5-16)28(29)30)32-24(27-23)26-15-17-2-8-19(25)9-3-17/h2-13H,14-15H2,1H3,(H,26,27). The van der Waals surface area contributed by atoms with E-state index >= 15 is 0 Å². The second-order valence-corrected chi connectivity index (χ2v) is 9.43. The number of anilines is 1. The number of rotatable bonds is 8. The zero-order valence-electron chi connectivity index (χ0n) is 17.2. The number of benzene rings is 3. The van der Waals surface area contributed by atoms with Gasteiger partial charge >= 0.3 is 0 Å². The van der Waals surface area contributed by atoms with Crippen molar-refractivity contribution < 1.29 is 9.66 Å². The zero-order chi connectivity index (χ0) is 22.5. The van der Waals surface area contributed by atoms with Crippen molar-refractivity contribution >= 4 is 44.7 Å². The van der Waals surface area contributed by atoms with E-state index in [9.17, 15) is 10.1 Å². The fourth-order valence-electron chi connectivity index (χ4n) is 3.22. The van der Waals surface area contributed by atoms with Gasteiger partial charge in [-0.3, -0.25) is 10.1 Å². The maximum Gasteiger partial charge on any atom is 0.269 e. The van der Waals surface area contributed by atoms with Crippen molar-refractivity contribution in [1.29, 1.82) is 0 Å². The lowest BCUT2D eigenvalue weighted by Gasteiger charge is -2.05. The molecule has 0 unspecified atom stereocenters. The normalized spacial score (nSPS) is 10.7. The van der Waals surface area contributed by atoms with Crippen LogP contribution in [0.15, 0.2) is 72.8 Å². The minimum atomic E-state index is -0.383. The molecule has 4 rings (SSSR count). The van der Waals surface area contributed by atoms with Crippen LogP contribution in [0, 0.1) is 13.7 Å². The van der Waals surface area contributed by atoms with Gasteiger partial charge in [0, 0.05) is 39.1 Å². The van der Waals surface area contributed by atoms with E-state index in [4.69, 9.17) is 9.72 Å². The molecule has 0 spiro atoms. The number of non-ortho nitro benzene ring substituents is 1.